The number of benzene rings is 1. The molecule has 0 radical (unpaired) electrons. The van der Waals surface area contributed by atoms with E-state index in [-0.39, 0.29) is 17.2 Å². The highest BCUT2D eigenvalue weighted by Crippen LogP contribution is 2.31. The minimum Gasteiger partial charge on any atom is -0.341 e. The van der Waals surface area contributed by atoms with Gasteiger partial charge in [0.05, 0.1) is 10.8 Å². The molecule has 2 amide bonds. The third-order valence-corrected chi connectivity index (χ3v) is 6.85. The zero-order chi connectivity index (χ0) is 25.8. The first-order valence-electron chi connectivity index (χ1n) is 11.6. The summed E-state index contributed by atoms with van der Waals surface area (Å²) in [6.07, 6.45) is 2.82. The highest BCUT2D eigenvalue weighted by atomic mass is 32.1. The molecule has 3 aromatic rings. The second-order valence-corrected chi connectivity index (χ2v) is 10.8. The van der Waals surface area contributed by atoms with Gasteiger partial charge in [0, 0.05) is 59.5 Å². The summed E-state index contributed by atoms with van der Waals surface area (Å²) < 4.78 is 0. The van der Waals surface area contributed by atoms with E-state index in [1.54, 1.807) is 24.1 Å². The number of fused-ring (bicyclic) bond motifs is 1. The van der Waals surface area contributed by atoms with Crippen LogP contribution in [0.3, 0.4) is 0 Å². The van der Waals surface area contributed by atoms with E-state index in [1.807, 2.05) is 45.9 Å². The maximum atomic E-state index is 13.0. The normalized spacial score (nSPS) is 12.4. The molecule has 0 atom stereocenters. The molecular weight excluding hydrogens is 460 g/mol. The maximum absolute atomic E-state index is 13.0. The lowest BCUT2D eigenvalue weighted by molar-refractivity contribution is -0.120. The van der Waals surface area contributed by atoms with Crippen molar-refractivity contribution < 1.29 is 9.59 Å². The first kappa shape index (κ1) is 26.3. The van der Waals surface area contributed by atoms with Crippen molar-refractivity contribution in [1.82, 2.24) is 10.3 Å². The van der Waals surface area contributed by atoms with Crippen LogP contribution < -0.4 is 15.5 Å². The van der Waals surface area contributed by atoms with Gasteiger partial charge in [0.25, 0.3) is 5.91 Å². The monoisotopic (exact) mass is 494 g/mol. The standard InChI is InChI=1S/C26H34N6O2S/c1-6-29-15-19-18-8-7-17(32(5)23(33)12-26(2,3)4)11-20(18)30-24(19)31-25(34)22-10-9-21(35-22)16(13-27)14-28/h7-11,13-14,16,27-30H,6,12,15H2,1-5H3,(H,31,34). The quantitative estimate of drug-likeness (QED) is 0.243. The molecule has 0 unspecified atom stereocenters. The van der Waals surface area contributed by atoms with Crippen LogP contribution in [0, 0.1) is 16.2 Å². The second kappa shape index (κ2) is 11.0. The van der Waals surface area contributed by atoms with Crippen molar-refractivity contribution in [2.75, 3.05) is 23.8 Å². The van der Waals surface area contributed by atoms with Crippen LogP contribution >= 0.6 is 11.3 Å². The Morgan fingerprint density at radius 3 is 2.51 bits per heavy atom. The molecule has 0 bridgehead atoms. The maximum Gasteiger partial charge on any atom is 0.266 e. The average molecular weight is 495 g/mol. The van der Waals surface area contributed by atoms with Gasteiger partial charge in [-0.1, -0.05) is 33.8 Å². The Labute approximate surface area is 210 Å². The van der Waals surface area contributed by atoms with E-state index < -0.39 is 5.92 Å². The molecule has 2 aromatic heterocycles. The number of thiophene rings is 1. The Bertz CT molecular complexity index is 1230. The molecule has 0 aliphatic carbocycles. The summed E-state index contributed by atoms with van der Waals surface area (Å²) in [6.45, 7) is 9.51. The van der Waals surface area contributed by atoms with Gasteiger partial charge in [0.2, 0.25) is 5.91 Å². The summed E-state index contributed by atoms with van der Waals surface area (Å²) in [5, 5.41) is 22.2. The molecule has 0 fully saturated rings. The van der Waals surface area contributed by atoms with Crippen molar-refractivity contribution in [1.29, 1.82) is 10.8 Å². The molecule has 9 heteroatoms. The topological polar surface area (TPSA) is 125 Å². The van der Waals surface area contributed by atoms with Gasteiger partial charge >= 0.3 is 0 Å². The lowest BCUT2D eigenvalue weighted by atomic mass is 9.91. The molecule has 5 N–H and O–H groups in total. The fourth-order valence-corrected chi connectivity index (χ4v) is 4.69. The number of hydrogen-bond donors (Lipinski definition) is 5. The van der Waals surface area contributed by atoms with Gasteiger partial charge in [-0.25, -0.2) is 0 Å². The van der Waals surface area contributed by atoms with Gasteiger partial charge in [-0.05, 0) is 36.2 Å². The number of aromatic amines is 1. The molecular formula is C26H34N6O2S. The van der Waals surface area contributed by atoms with Gasteiger partial charge in [-0.2, -0.15) is 0 Å². The predicted molar refractivity (Wildman–Crippen MR) is 146 cm³/mol. The van der Waals surface area contributed by atoms with Gasteiger partial charge in [-0.15, -0.1) is 11.3 Å². The fraction of sp³-hybridized carbons (Fsp3) is 0.385. The number of anilines is 2. The summed E-state index contributed by atoms with van der Waals surface area (Å²) in [5.74, 6) is -0.0175. The van der Waals surface area contributed by atoms with E-state index in [9.17, 15) is 9.59 Å². The smallest absolute Gasteiger partial charge is 0.266 e. The summed E-state index contributed by atoms with van der Waals surface area (Å²) in [5.41, 5.74) is 2.46. The number of aromatic nitrogens is 1. The second-order valence-electron chi connectivity index (χ2n) is 9.69. The van der Waals surface area contributed by atoms with Crippen molar-refractivity contribution in [3.63, 3.8) is 0 Å². The van der Waals surface area contributed by atoms with Crippen LogP contribution in [0.25, 0.3) is 10.9 Å². The number of rotatable bonds is 10. The lowest BCUT2D eigenvalue weighted by Gasteiger charge is -2.23. The molecule has 0 saturated heterocycles. The Hall–Kier alpha value is -3.30. The van der Waals surface area contributed by atoms with E-state index in [0.29, 0.717) is 23.7 Å². The average Bonchev–Trinajstić information content (AvgIpc) is 3.41. The molecule has 0 spiro atoms. The Balaban J connectivity index is 1.91. The van der Waals surface area contributed by atoms with Crippen molar-refractivity contribution in [3.8, 4) is 0 Å². The Morgan fingerprint density at radius 1 is 1.17 bits per heavy atom. The minimum atomic E-state index is -0.421. The van der Waals surface area contributed by atoms with E-state index in [0.717, 1.165) is 33.6 Å². The van der Waals surface area contributed by atoms with Crippen molar-refractivity contribution in [2.45, 2.75) is 46.6 Å². The molecule has 3 rings (SSSR count). The van der Waals surface area contributed by atoms with Crippen molar-refractivity contribution >= 4 is 58.0 Å². The Morgan fingerprint density at radius 2 is 1.89 bits per heavy atom. The van der Waals surface area contributed by atoms with E-state index >= 15 is 0 Å². The lowest BCUT2D eigenvalue weighted by Crippen LogP contribution is -2.29. The van der Waals surface area contributed by atoms with Gasteiger partial charge in [0.1, 0.15) is 5.82 Å². The highest BCUT2D eigenvalue weighted by molar-refractivity contribution is 7.14. The predicted octanol–water partition coefficient (Wildman–Crippen LogP) is 5.37. The summed E-state index contributed by atoms with van der Waals surface area (Å²) >= 11 is 1.27. The molecule has 186 valence electrons. The summed E-state index contributed by atoms with van der Waals surface area (Å²) in [4.78, 5) is 32.0. The zero-order valence-electron chi connectivity index (χ0n) is 20.9. The van der Waals surface area contributed by atoms with E-state index in [1.165, 1.54) is 23.8 Å². The van der Waals surface area contributed by atoms with Crippen LogP contribution in [0.4, 0.5) is 11.5 Å². The SMILES string of the molecule is CCNCc1c(NC(=O)c2ccc(C(C=N)C=N)s2)[nH]c2cc(N(C)C(=O)CC(C)(C)C)ccc12. The zero-order valence-corrected chi connectivity index (χ0v) is 21.7. The summed E-state index contributed by atoms with van der Waals surface area (Å²) in [7, 11) is 1.78. The Kier molecular flexibility index (Phi) is 8.24. The van der Waals surface area contributed by atoms with Gasteiger partial charge in [0.15, 0.2) is 0 Å². The van der Waals surface area contributed by atoms with Crippen LogP contribution in [-0.2, 0) is 11.3 Å². The van der Waals surface area contributed by atoms with Crippen LogP contribution in [-0.4, -0.2) is 42.8 Å². The molecule has 0 saturated carbocycles. The first-order valence-corrected chi connectivity index (χ1v) is 12.4. The number of H-pyrrole nitrogens is 1. The van der Waals surface area contributed by atoms with Crippen LogP contribution in [0.5, 0.6) is 0 Å². The van der Waals surface area contributed by atoms with E-state index in [4.69, 9.17) is 10.8 Å². The number of hydrogen-bond acceptors (Lipinski definition) is 6. The number of nitrogens with one attached hydrogen (secondary N) is 5. The first-order chi connectivity index (χ1) is 16.6. The number of carbonyl (C=O) groups is 2. The summed E-state index contributed by atoms with van der Waals surface area (Å²) in [6, 6.07) is 9.34. The molecule has 1 aromatic carbocycles. The van der Waals surface area contributed by atoms with Crippen LogP contribution in [0.2, 0.25) is 0 Å². The van der Waals surface area contributed by atoms with Crippen molar-refractivity contribution in [2.24, 2.45) is 5.41 Å². The van der Waals surface area contributed by atoms with Gasteiger partial charge < -0.3 is 31.3 Å². The highest BCUT2D eigenvalue weighted by Gasteiger charge is 2.22. The minimum absolute atomic E-state index is 0.0476. The molecule has 35 heavy (non-hydrogen) atoms. The number of amides is 2. The molecule has 2 heterocycles. The van der Waals surface area contributed by atoms with Crippen LogP contribution in [0.1, 0.15) is 60.1 Å². The third kappa shape index (κ3) is 6.23. The fourth-order valence-electron chi connectivity index (χ4n) is 3.75. The van der Waals surface area contributed by atoms with Crippen molar-refractivity contribution in [3.05, 3.63) is 45.6 Å². The van der Waals surface area contributed by atoms with E-state index in [2.05, 4.69) is 15.6 Å². The van der Waals surface area contributed by atoms with Crippen LogP contribution in [0.15, 0.2) is 30.3 Å². The molecule has 0 aliphatic heterocycles. The third-order valence-electron chi connectivity index (χ3n) is 5.66. The van der Waals surface area contributed by atoms with Gasteiger partial charge in [-0.3, -0.25) is 9.59 Å². The number of nitrogens with zero attached hydrogens (tertiary/aromatic N) is 1. The molecule has 0 aliphatic rings. The molecule has 8 nitrogen and oxygen atoms in total. The largest absolute Gasteiger partial charge is 0.341 e. The number of carbonyl (C=O) groups excluding carboxylic acids is 2.